The maximum atomic E-state index is 5.32. The molecule has 0 spiro atoms. The molecule has 0 radical (unpaired) electrons. The number of nitrogens with zero attached hydrogens (tertiary/aromatic N) is 1. The quantitative estimate of drug-likeness (QED) is 0.715. The maximum absolute atomic E-state index is 5.32. The van der Waals surface area contributed by atoms with Crippen molar-refractivity contribution in [2.24, 2.45) is 0 Å². The SMILES string of the molecule is CCCNC(CN(CC)C(C)COC)c1ccccc1C. The van der Waals surface area contributed by atoms with Gasteiger partial charge in [0.25, 0.3) is 0 Å². The average Bonchev–Trinajstić information content (AvgIpc) is 2.49. The first kappa shape index (κ1) is 18.1. The van der Waals surface area contributed by atoms with E-state index in [9.17, 15) is 0 Å². The summed E-state index contributed by atoms with van der Waals surface area (Å²) in [5, 5.41) is 3.71. The van der Waals surface area contributed by atoms with Gasteiger partial charge >= 0.3 is 0 Å². The second-order valence-electron chi connectivity index (χ2n) is 5.76. The van der Waals surface area contributed by atoms with Crippen molar-refractivity contribution in [2.75, 3.05) is 33.4 Å². The Morgan fingerprint density at radius 1 is 1.24 bits per heavy atom. The van der Waals surface area contributed by atoms with Crippen LogP contribution in [0.3, 0.4) is 0 Å². The van der Waals surface area contributed by atoms with E-state index in [4.69, 9.17) is 4.74 Å². The van der Waals surface area contributed by atoms with Crippen molar-refractivity contribution in [3.63, 3.8) is 0 Å². The number of hydrogen-bond acceptors (Lipinski definition) is 3. The second-order valence-corrected chi connectivity index (χ2v) is 5.76. The third kappa shape index (κ3) is 5.77. The van der Waals surface area contributed by atoms with E-state index in [1.807, 2.05) is 0 Å². The highest BCUT2D eigenvalue weighted by atomic mass is 16.5. The van der Waals surface area contributed by atoms with E-state index < -0.39 is 0 Å². The molecule has 0 fully saturated rings. The Balaban J connectivity index is 2.84. The van der Waals surface area contributed by atoms with Gasteiger partial charge in [0.15, 0.2) is 0 Å². The lowest BCUT2D eigenvalue weighted by molar-refractivity contribution is 0.0955. The summed E-state index contributed by atoms with van der Waals surface area (Å²) in [6, 6.07) is 9.52. The highest BCUT2D eigenvalue weighted by molar-refractivity contribution is 5.29. The van der Waals surface area contributed by atoms with Crippen LogP contribution in [-0.2, 0) is 4.74 Å². The Kier molecular flexibility index (Phi) is 8.58. The monoisotopic (exact) mass is 292 g/mol. The van der Waals surface area contributed by atoms with Crippen molar-refractivity contribution in [1.82, 2.24) is 10.2 Å². The van der Waals surface area contributed by atoms with E-state index in [0.717, 1.165) is 32.7 Å². The lowest BCUT2D eigenvalue weighted by Crippen LogP contribution is -2.42. The topological polar surface area (TPSA) is 24.5 Å². The van der Waals surface area contributed by atoms with Crippen LogP contribution in [0.4, 0.5) is 0 Å². The first-order chi connectivity index (χ1) is 10.1. The summed E-state index contributed by atoms with van der Waals surface area (Å²) in [5.41, 5.74) is 2.77. The van der Waals surface area contributed by atoms with Gasteiger partial charge in [-0.2, -0.15) is 0 Å². The predicted octanol–water partition coefficient (Wildman–Crippen LogP) is 3.39. The number of benzene rings is 1. The maximum Gasteiger partial charge on any atom is 0.0615 e. The standard InChI is InChI=1S/C18H32N2O/c1-6-12-19-18(17-11-9-8-10-15(17)3)13-20(7-2)16(4)14-21-5/h8-11,16,18-19H,6-7,12-14H2,1-5H3. The molecule has 3 nitrogen and oxygen atoms in total. The van der Waals surface area contributed by atoms with Gasteiger partial charge in [-0.05, 0) is 44.5 Å². The number of hydrogen-bond donors (Lipinski definition) is 1. The van der Waals surface area contributed by atoms with Crippen LogP contribution < -0.4 is 5.32 Å². The van der Waals surface area contributed by atoms with Gasteiger partial charge in [0, 0.05) is 25.7 Å². The summed E-state index contributed by atoms with van der Waals surface area (Å²) >= 11 is 0. The molecule has 1 aromatic rings. The largest absolute Gasteiger partial charge is 0.383 e. The van der Waals surface area contributed by atoms with Gasteiger partial charge in [-0.25, -0.2) is 0 Å². The zero-order valence-electron chi connectivity index (χ0n) is 14.4. The predicted molar refractivity (Wildman–Crippen MR) is 90.8 cm³/mol. The number of nitrogens with one attached hydrogen (secondary N) is 1. The molecule has 0 saturated heterocycles. The van der Waals surface area contributed by atoms with E-state index in [0.29, 0.717) is 12.1 Å². The van der Waals surface area contributed by atoms with Crippen LogP contribution in [0.15, 0.2) is 24.3 Å². The Labute approximate surface area is 130 Å². The molecule has 2 unspecified atom stereocenters. The third-order valence-corrected chi connectivity index (χ3v) is 4.06. The zero-order valence-corrected chi connectivity index (χ0v) is 14.4. The third-order valence-electron chi connectivity index (χ3n) is 4.06. The molecular formula is C18H32N2O. The van der Waals surface area contributed by atoms with Crippen LogP contribution in [0.5, 0.6) is 0 Å². The van der Waals surface area contributed by atoms with Gasteiger partial charge in [-0.15, -0.1) is 0 Å². The molecule has 0 saturated carbocycles. The summed E-state index contributed by atoms with van der Waals surface area (Å²) < 4.78 is 5.32. The van der Waals surface area contributed by atoms with Crippen LogP contribution in [0.25, 0.3) is 0 Å². The minimum atomic E-state index is 0.380. The van der Waals surface area contributed by atoms with Gasteiger partial charge in [0.05, 0.1) is 6.61 Å². The lowest BCUT2D eigenvalue weighted by atomic mass is 10.00. The average molecular weight is 292 g/mol. The minimum Gasteiger partial charge on any atom is -0.383 e. The van der Waals surface area contributed by atoms with E-state index in [1.54, 1.807) is 7.11 Å². The fourth-order valence-corrected chi connectivity index (χ4v) is 2.77. The Hall–Kier alpha value is -0.900. The van der Waals surface area contributed by atoms with E-state index in [-0.39, 0.29) is 0 Å². The molecule has 1 rings (SSSR count). The van der Waals surface area contributed by atoms with Gasteiger partial charge in [0.2, 0.25) is 0 Å². The number of likely N-dealkylation sites (N-methyl/N-ethyl adjacent to an activating group) is 1. The number of ether oxygens (including phenoxy) is 1. The number of methoxy groups -OCH3 is 1. The minimum absolute atomic E-state index is 0.380. The summed E-state index contributed by atoms with van der Waals surface area (Å²) in [6.07, 6.45) is 1.15. The van der Waals surface area contributed by atoms with Crippen molar-refractivity contribution in [3.05, 3.63) is 35.4 Å². The Morgan fingerprint density at radius 3 is 2.52 bits per heavy atom. The molecule has 120 valence electrons. The molecule has 0 bridgehead atoms. The van der Waals surface area contributed by atoms with Crippen LogP contribution in [0.2, 0.25) is 0 Å². The van der Waals surface area contributed by atoms with Gasteiger partial charge in [-0.1, -0.05) is 38.1 Å². The molecule has 0 amide bonds. The summed E-state index contributed by atoms with van der Waals surface area (Å²) in [5.74, 6) is 0. The second kappa shape index (κ2) is 9.93. The zero-order chi connectivity index (χ0) is 15.7. The van der Waals surface area contributed by atoms with Crippen LogP contribution >= 0.6 is 0 Å². The van der Waals surface area contributed by atoms with Crippen molar-refractivity contribution >= 4 is 0 Å². The fraction of sp³-hybridized carbons (Fsp3) is 0.667. The molecule has 0 aromatic heterocycles. The van der Waals surface area contributed by atoms with Crippen molar-refractivity contribution in [3.8, 4) is 0 Å². The van der Waals surface area contributed by atoms with Crippen molar-refractivity contribution in [2.45, 2.75) is 46.2 Å². The molecule has 3 heteroatoms. The Morgan fingerprint density at radius 2 is 1.95 bits per heavy atom. The first-order valence-corrected chi connectivity index (χ1v) is 8.15. The van der Waals surface area contributed by atoms with Gasteiger partial charge in [-0.3, -0.25) is 4.90 Å². The normalized spacial score (nSPS) is 14.4. The fourth-order valence-electron chi connectivity index (χ4n) is 2.77. The van der Waals surface area contributed by atoms with Crippen molar-refractivity contribution in [1.29, 1.82) is 0 Å². The van der Waals surface area contributed by atoms with Crippen LogP contribution in [-0.4, -0.2) is 44.3 Å². The van der Waals surface area contributed by atoms with Gasteiger partial charge in [0.1, 0.15) is 0 Å². The number of aryl methyl sites for hydroxylation is 1. The highest BCUT2D eigenvalue weighted by Gasteiger charge is 2.19. The van der Waals surface area contributed by atoms with Gasteiger partial charge < -0.3 is 10.1 Å². The molecule has 0 aliphatic carbocycles. The van der Waals surface area contributed by atoms with E-state index in [1.165, 1.54) is 11.1 Å². The smallest absolute Gasteiger partial charge is 0.0615 e. The van der Waals surface area contributed by atoms with E-state index in [2.05, 4.69) is 62.2 Å². The highest BCUT2D eigenvalue weighted by Crippen LogP contribution is 2.19. The summed E-state index contributed by atoms with van der Waals surface area (Å²) in [4.78, 5) is 2.49. The summed E-state index contributed by atoms with van der Waals surface area (Å²) in [7, 11) is 1.78. The van der Waals surface area contributed by atoms with Crippen LogP contribution in [0.1, 0.15) is 44.4 Å². The molecule has 0 heterocycles. The molecular weight excluding hydrogens is 260 g/mol. The number of rotatable bonds is 10. The molecule has 1 N–H and O–H groups in total. The lowest BCUT2D eigenvalue weighted by Gasteiger charge is -2.32. The molecule has 1 aromatic carbocycles. The van der Waals surface area contributed by atoms with E-state index >= 15 is 0 Å². The van der Waals surface area contributed by atoms with Crippen LogP contribution in [0, 0.1) is 6.92 Å². The molecule has 2 atom stereocenters. The summed E-state index contributed by atoms with van der Waals surface area (Å²) in [6.45, 7) is 12.8. The molecule has 21 heavy (non-hydrogen) atoms. The van der Waals surface area contributed by atoms with Crippen molar-refractivity contribution < 1.29 is 4.74 Å². The molecule has 0 aliphatic rings. The first-order valence-electron chi connectivity index (χ1n) is 8.15. The molecule has 0 aliphatic heterocycles. The Bertz CT molecular complexity index is 395.